The Kier molecular flexibility index (Phi) is 2.80. The Balaban J connectivity index is 1.63. The fourth-order valence-electron chi connectivity index (χ4n) is 2.31. The third-order valence-electron chi connectivity index (χ3n) is 3.32. The topological polar surface area (TPSA) is 49.9 Å². The summed E-state index contributed by atoms with van der Waals surface area (Å²) in [4.78, 5) is 0. The standard InChI is InChI=1S/C15H11N3OSe/c1-2-7-14-11(4-1)10(9-19-14)8-16-12-5-3-6-13-15(12)18-20-17-13/h1-7,9,16H,8H2. The van der Waals surface area contributed by atoms with Gasteiger partial charge in [0.2, 0.25) is 0 Å². The number of nitrogens with zero attached hydrogens (tertiary/aromatic N) is 2. The molecule has 98 valence electrons. The van der Waals surface area contributed by atoms with Crippen molar-refractivity contribution in [1.29, 1.82) is 0 Å². The molecular weight excluding hydrogens is 317 g/mol. The van der Waals surface area contributed by atoms with Crippen molar-refractivity contribution in [3.8, 4) is 0 Å². The van der Waals surface area contributed by atoms with E-state index in [9.17, 15) is 0 Å². The van der Waals surface area contributed by atoms with Gasteiger partial charge in [-0.15, -0.1) is 0 Å². The molecule has 0 spiro atoms. The summed E-state index contributed by atoms with van der Waals surface area (Å²) in [5.74, 6) is 0. The first kappa shape index (κ1) is 11.7. The number of benzene rings is 2. The Bertz CT molecular complexity index is 862. The number of furan rings is 1. The van der Waals surface area contributed by atoms with Gasteiger partial charge < -0.3 is 0 Å². The average Bonchev–Trinajstić information content (AvgIpc) is 3.12. The third kappa shape index (κ3) is 1.92. The molecule has 0 atom stereocenters. The maximum atomic E-state index is 5.55. The van der Waals surface area contributed by atoms with Gasteiger partial charge in [-0.25, -0.2) is 0 Å². The SMILES string of the molecule is c1cc2c(c(NCc3coc4ccccc34)c1)N=[Se]=N2. The van der Waals surface area contributed by atoms with Crippen LogP contribution in [0.4, 0.5) is 17.1 Å². The van der Waals surface area contributed by atoms with Crippen molar-refractivity contribution < 1.29 is 4.42 Å². The van der Waals surface area contributed by atoms with Crippen LogP contribution >= 0.6 is 0 Å². The van der Waals surface area contributed by atoms with Crippen LogP contribution in [0.5, 0.6) is 0 Å². The molecule has 0 radical (unpaired) electrons. The summed E-state index contributed by atoms with van der Waals surface area (Å²) in [5, 5.41) is 4.59. The van der Waals surface area contributed by atoms with Gasteiger partial charge in [0.15, 0.2) is 0 Å². The van der Waals surface area contributed by atoms with Crippen molar-refractivity contribution in [3.05, 3.63) is 54.3 Å². The summed E-state index contributed by atoms with van der Waals surface area (Å²) in [5.41, 5.74) is 5.09. The van der Waals surface area contributed by atoms with Crippen LogP contribution in [0.15, 0.2) is 61.1 Å². The van der Waals surface area contributed by atoms with E-state index in [4.69, 9.17) is 4.42 Å². The Labute approximate surface area is 121 Å². The van der Waals surface area contributed by atoms with Gasteiger partial charge in [-0.1, -0.05) is 0 Å². The summed E-state index contributed by atoms with van der Waals surface area (Å²) in [6.45, 7) is 0.718. The van der Waals surface area contributed by atoms with Crippen LogP contribution in [0.1, 0.15) is 5.56 Å². The predicted octanol–water partition coefficient (Wildman–Crippen LogP) is 4.39. The summed E-state index contributed by atoms with van der Waals surface area (Å²) >= 11 is 0.00243. The zero-order chi connectivity index (χ0) is 13.4. The number of anilines is 1. The molecule has 2 heterocycles. The van der Waals surface area contributed by atoms with E-state index in [0.717, 1.165) is 40.1 Å². The normalized spacial score (nSPS) is 12.4. The second-order valence-electron chi connectivity index (χ2n) is 4.55. The Morgan fingerprint density at radius 2 is 2.00 bits per heavy atom. The number of hydrogen-bond acceptors (Lipinski definition) is 4. The molecule has 1 aromatic heterocycles. The fraction of sp³-hybridized carbons (Fsp3) is 0.0667. The van der Waals surface area contributed by atoms with Gasteiger partial charge >= 0.3 is 121 Å². The van der Waals surface area contributed by atoms with Gasteiger partial charge in [-0.05, 0) is 0 Å². The van der Waals surface area contributed by atoms with E-state index in [1.807, 2.05) is 42.7 Å². The van der Waals surface area contributed by atoms with E-state index in [1.54, 1.807) is 0 Å². The van der Waals surface area contributed by atoms with Crippen LogP contribution in [-0.4, -0.2) is 14.6 Å². The van der Waals surface area contributed by atoms with Gasteiger partial charge in [0.1, 0.15) is 0 Å². The predicted molar refractivity (Wildman–Crippen MR) is 79.9 cm³/mol. The molecule has 0 saturated carbocycles. The van der Waals surface area contributed by atoms with Crippen LogP contribution in [0.2, 0.25) is 0 Å². The Morgan fingerprint density at radius 3 is 3.00 bits per heavy atom. The molecule has 4 nitrogen and oxygen atoms in total. The van der Waals surface area contributed by atoms with Crippen molar-refractivity contribution in [3.63, 3.8) is 0 Å². The van der Waals surface area contributed by atoms with E-state index in [-0.39, 0.29) is 14.6 Å². The average molecular weight is 328 g/mol. The molecule has 2 aromatic carbocycles. The molecule has 0 amide bonds. The molecule has 0 saturated heterocycles. The molecule has 0 bridgehead atoms. The molecule has 4 rings (SSSR count). The Morgan fingerprint density at radius 1 is 1.05 bits per heavy atom. The fourth-order valence-corrected chi connectivity index (χ4v) is 3.46. The van der Waals surface area contributed by atoms with Crippen LogP contribution in [0.25, 0.3) is 11.0 Å². The van der Waals surface area contributed by atoms with E-state index in [2.05, 4.69) is 19.3 Å². The summed E-state index contributed by atoms with van der Waals surface area (Å²) in [6.07, 6.45) is 1.81. The van der Waals surface area contributed by atoms with E-state index < -0.39 is 0 Å². The van der Waals surface area contributed by atoms with Crippen LogP contribution in [-0.2, 0) is 6.54 Å². The van der Waals surface area contributed by atoms with Gasteiger partial charge in [-0.2, -0.15) is 0 Å². The van der Waals surface area contributed by atoms with Crippen LogP contribution < -0.4 is 5.32 Å². The molecular formula is C15H11N3OSe. The molecule has 1 aliphatic rings. The second-order valence-corrected chi connectivity index (χ2v) is 5.66. The minimum absolute atomic E-state index is 0.00243. The van der Waals surface area contributed by atoms with Crippen molar-refractivity contribution in [2.75, 3.05) is 5.32 Å². The zero-order valence-corrected chi connectivity index (χ0v) is 12.2. The number of rotatable bonds is 3. The van der Waals surface area contributed by atoms with Crippen LogP contribution in [0.3, 0.4) is 0 Å². The van der Waals surface area contributed by atoms with Crippen LogP contribution in [0, 0.1) is 0 Å². The maximum absolute atomic E-state index is 5.55. The number of nitrogens with one attached hydrogen (secondary N) is 1. The van der Waals surface area contributed by atoms with E-state index in [1.165, 1.54) is 0 Å². The van der Waals surface area contributed by atoms with Crippen molar-refractivity contribution >= 4 is 42.6 Å². The second kappa shape index (κ2) is 4.78. The first-order chi connectivity index (χ1) is 9.92. The number of hydrogen-bond donors (Lipinski definition) is 1. The first-order valence-electron chi connectivity index (χ1n) is 6.32. The molecule has 0 aliphatic carbocycles. The summed E-state index contributed by atoms with van der Waals surface area (Å²) < 4.78 is 14.4. The van der Waals surface area contributed by atoms with Gasteiger partial charge in [0.05, 0.1) is 0 Å². The quantitative estimate of drug-likeness (QED) is 0.567. The molecule has 1 aliphatic heterocycles. The zero-order valence-electron chi connectivity index (χ0n) is 10.5. The minimum atomic E-state index is 0.00243. The van der Waals surface area contributed by atoms with Crippen molar-refractivity contribution in [2.24, 2.45) is 7.92 Å². The van der Waals surface area contributed by atoms with Gasteiger partial charge in [0.25, 0.3) is 0 Å². The third-order valence-corrected chi connectivity index (χ3v) is 4.45. The van der Waals surface area contributed by atoms with Crippen molar-refractivity contribution in [2.45, 2.75) is 6.54 Å². The van der Waals surface area contributed by atoms with Gasteiger partial charge in [-0.3, -0.25) is 0 Å². The molecule has 0 unspecified atom stereocenters. The molecule has 0 fully saturated rings. The van der Waals surface area contributed by atoms with Crippen molar-refractivity contribution in [1.82, 2.24) is 0 Å². The van der Waals surface area contributed by atoms with E-state index >= 15 is 0 Å². The van der Waals surface area contributed by atoms with Gasteiger partial charge in [0, 0.05) is 0 Å². The number of fused-ring (bicyclic) bond motifs is 2. The molecule has 1 N–H and O–H groups in total. The summed E-state index contributed by atoms with van der Waals surface area (Å²) in [6, 6.07) is 14.1. The van der Waals surface area contributed by atoms with E-state index in [0.29, 0.717) is 0 Å². The number of para-hydroxylation sites is 1. The summed E-state index contributed by atoms with van der Waals surface area (Å²) in [7, 11) is 0. The monoisotopic (exact) mass is 329 g/mol. The molecule has 3 aromatic rings. The molecule has 20 heavy (non-hydrogen) atoms. The molecule has 5 heteroatoms. The Hall–Kier alpha value is -2.10. The first-order valence-corrected chi connectivity index (χ1v) is 7.85.